The predicted molar refractivity (Wildman–Crippen MR) is 87.5 cm³/mol. The lowest BCUT2D eigenvalue weighted by molar-refractivity contribution is 0.0546. The Kier molecular flexibility index (Phi) is 3.87. The van der Waals surface area contributed by atoms with E-state index in [1.54, 1.807) is 4.90 Å². The summed E-state index contributed by atoms with van der Waals surface area (Å²) in [6, 6.07) is 3.86. The van der Waals surface area contributed by atoms with E-state index < -0.39 is 11.1 Å². The zero-order valence-electron chi connectivity index (χ0n) is 13.5. The first-order chi connectivity index (χ1) is 9.51. The number of aryl methyl sites for hydroxylation is 1. The lowest BCUT2D eigenvalue weighted by atomic mass is 9.97. The molecular weight excluding hydrogens is 288 g/mol. The topological polar surface area (TPSA) is 41.6 Å². The van der Waals surface area contributed by atoms with Gasteiger partial charge in [-0.2, -0.15) is 0 Å². The Hall–Kier alpha value is -1.42. The van der Waals surface area contributed by atoms with Crippen molar-refractivity contribution in [3.8, 4) is 0 Å². The monoisotopic (exact) mass is 310 g/mol. The molecule has 1 aliphatic rings. The molecule has 0 unspecified atom stereocenters. The number of anilines is 2. The summed E-state index contributed by atoms with van der Waals surface area (Å²) < 4.78 is 5.56. The van der Waals surface area contributed by atoms with Gasteiger partial charge in [-0.3, -0.25) is 4.90 Å². The highest BCUT2D eigenvalue weighted by atomic mass is 35.5. The summed E-state index contributed by atoms with van der Waals surface area (Å²) in [5.41, 5.74) is 1.64. The number of hydrogen-bond donors (Lipinski definition) is 1. The fourth-order valence-corrected chi connectivity index (χ4v) is 2.79. The van der Waals surface area contributed by atoms with Crippen molar-refractivity contribution < 1.29 is 9.53 Å². The summed E-state index contributed by atoms with van der Waals surface area (Å²) in [5, 5.41) is 3.90. The normalized spacial score (nSPS) is 17.0. The Morgan fingerprint density at radius 3 is 2.57 bits per heavy atom. The molecule has 0 spiro atoms. The third kappa shape index (κ3) is 3.26. The van der Waals surface area contributed by atoms with Gasteiger partial charge in [0, 0.05) is 6.54 Å². The SMILES string of the molecule is Cc1cc(Cl)c2c(c1)NCC(C)(C)N2C(=O)OC(C)(C)C. The minimum atomic E-state index is -0.546. The van der Waals surface area contributed by atoms with Gasteiger partial charge in [0.1, 0.15) is 5.60 Å². The quantitative estimate of drug-likeness (QED) is 0.761. The summed E-state index contributed by atoms with van der Waals surface area (Å²) in [7, 11) is 0. The van der Waals surface area contributed by atoms with Crippen LogP contribution in [-0.2, 0) is 4.74 Å². The van der Waals surface area contributed by atoms with Crippen LogP contribution in [0.4, 0.5) is 16.2 Å². The molecule has 0 aliphatic carbocycles. The van der Waals surface area contributed by atoms with Crippen LogP contribution in [0.2, 0.25) is 5.02 Å². The van der Waals surface area contributed by atoms with E-state index in [0.717, 1.165) is 11.3 Å². The lowest BCUT2D eigenvalue weighted by Crippen LogP contribution is -2.56. The van der Waals surface area contributed by atoms with E-state index in [-0.39, 0.29) is 6.09 Å². The van der Waals surface area contributed by atoms with Gasteiger partial charge >= 0.3 is 6.09 Å². The molecule has 1 aromatic rings. The standard InChI is InChI=1S/C16H23ClN2O2/c1-10-7-11(17)13-12(8-10)18-9-16(5,6)19(13)14(20)21-15(2,3)4/h7-8,18H,9H2,1-6H3. The first-order valence-corrected chi connectivity index (χ1v) is 7.46. The molecule has 0 saturated carbocycles. The number of nitrogens with zero attached hydrogens (tertiary/aromatic N) is 1. The summed E-state index contributed by atoms with van der Waals surface area (Å²) in [6.45, 7) is 12.2. The number of benzene rings is 1. The highest BCUT2D eigenvalue weighted by molar-refractivity contribution is 6.34. The van der Waals surface area contributed by atoms with Gasteiger partial charge in [-0.1, -0.05) is 11.6 Å². The Balaban J connectivity index is 2.51. The van der Waals surface area contributed by atoms with E-state index in [0.29, 0.717) is 17.3 Å². The Morgan fingerprint density at radius 2 is 2.00 bits per heavy atom. The van der Waals surface area contributed by atoms with Gasteiger partial charge in [-0.15, -0.1) is 0 Å². The summed E-state index contributed by atoms with van der Waals surface area (Å²) >= 11 is 6.40. The van der Waals surface area contributed by atoms with Gasteiger partial charge in [0.25, 0.3) is 0 Å². The Bertz CT molecular complexity index is 576. The second-order valence-electron chi connectivity index (χ2n) is 7.12. The highest BCUT2D eigenvalue weighted by Gasteiger charge is 2.40. The zero-order valence-corrected chi connectivity index (χ0v) is 14.3. The number of carbonyl (C=O) groups excluding carboxylic acids is 1. The van der Waals surface area contributed by atoms with Crippen LogP contribution in [-0.4, -0.2) is 23.8 Å². The lowest BCUT2D eigenvalue weighted by Gasteiger charge is -2.44. The second-order valence-corrected chi connectivity index (χ2v) is 7.53. The average molecular weight is 311 g/mol. The van der Waals surface area contributed by atoms with E-state index in [1.165, 1.54) is 0 Å². The minimum Gasteiger partial charge on any atom is -0.443 e. The maximum Gasteiger partial charge on any atom is 0.415 e. The number of hydrogen-bond acceptors (Lipinski definition) is 3. The molecule has 0 fully saturated rings. The molecule has 1 aromatic carbocycles. The van der Waals surface area contributed by atoms with Crippen LogP contribution in [0, 0.1) is 6.92 Å². The van der Waals surface area contributed by atoms with Crippen molar-refractivity contribution in [1.29, 1.82) is 0 Å². The average Bonchev–Trinajstić information content (AvgIpc) is 2.26. The van der Waals surface area contributed by atoms with Gasteiger partial charge in [-0.05, 0) is 59.2 Å². The van der Waals surface area contributed by atoms with Crippen LogP contribution in [0.1, 0.15) is 40.2 Å². The molecule has 1 heterocycles. The molecule has 1 amide bonds. The zero-order chi connectivity index (χ0) is 16.0. The molecule has 2 rings (SSSR count). The van der Waals surface area contributed by atoms with Gasteiger partial charge < -0.3 is 10.1 Å². The van der Waals surface area contributed by atoms with Crippen molar-refractivity contribution in [1.82, 2.24) is 0 Å². The number of fused-ring (bicyclic) bond motifs is 1. The van der Waals surface area contributed by atoms with Crippen molar-refractivity contribution in [2.75, 3.05) is 16.8 Å². The molecule has 0 aromatic heterocycles. The molecular formula is C16H23ClN2O2. The summed E-state index contributed by atoms with van der Waals surface area (Å²) in [4.78, 5) is 14.3. The predicted octanol–water partition coefficient (Wildman–Crippen LogP) is 4.59. The van der Waals surface area contributed by atoms with Crippen LogP contribution in [0.5, 0.6) is 0 Å². The fraction of sp³-hybridized carbons (Fsp3) is 0.562. The first kappa shape index (κ1) is 16.0. The van der Waals surface area contributed by atoms with Gasteiger partial charge in [0.15, 0.2) is 0 Å². The van der Waals surface area contributed by atoms with Crippen molar-refractivity contribution in [2.24, 2.45) is 0 Å². The smallest absolute Gasteiger partial charge is 0.415 e. The molecule has 116 valence electrons. The van der Waals surface area contributed by atoms with E-state index >= 15 is 0 Å². The Morgan fingerprint density at radius 1 is 1.38 bits per heavy atom. The second kappa shape index (κ2) is 5.09. The maximum atomic E-state index is 12.6. The van der Waals surface area contributed by atoms with Crippen LogP contribution in [0.3, 0.4) is 0 Å². The number of rotatable bonds is 0. The molecule has 1 N–H and O–H groups in total. The van der Waals surface area contributed by atoms with E-state index in [4.69, 9.17) is 16.3 Å². The molecule has 0 radical (unpaired) electrons. The summed E-state index contributed by atoms with van der Waals surface area (Å²) in [5.74, 6) is 0. The number of carbonyl (C=O) groups is 1. The summed E-state index contributed by atoms with van der Waals surface area (Å²) in [6.07, 6.45) is -0.374. The molecule has 1 aliphatic heterocycles. The van der Waals surface area contributed by atoms with Gasteiger partial charge in [-0.25, -0.2) is 4.79 Å². The van der Waals surface area contributed by atoms with E-state index in [1.807, 2.05) is 53.7 Å². The van der Waals surface area contributed by atoms with E-state index in [9.17, 15) is 4.79 Å². The van der Waals surface area contributed by atoms with Crippen molar-refractivity contribution in [3.63, 3.8) is 0 Å². The molecule has 4 nitrogen and oxygen atoms in total. The highest BCUT2D eigenvalue weighted by Crippen LogP contribution is 2.42. The van der Waals surface area contributed by atoms with Crippen LogP contribution >= 0.6 is 11.6 Å². The van der Waals surface area contributed by atoms with Gasteiger partial charge in [0.2, 0.25) is 0 Å². The fourth-order valence-electron chi connectivity index (χ4n) is 2.44. The number of nitrogens with one attached hydrogen (secondary N) is 1. The largest absolute Gasteiger partial charge is 0.443 e. The maximum absolute atomic E-state index is 12.6. The van der Waals surface area contributed by atoms with Crippen molar-refractivity contribution >= 4 is 29.1 Å². The molecule has 0 bridgehead atoms. The first-order valence-electron chi connectivity index (χ1n) is 7.08. The van der Waals surface area contributed by atoms with Crippen LogP contribution in [0.15, 0.2) is 12.1 Å². The number of amides is 1. The number of ether oxygens (including phenoxy) is 1. The van der Waals surface area contributed by atoms with Crippen LogP contribution in [0.25, 0.3) is 0 Å². The number of halogens is 1. The third-order valence-corrected chi connectivity index (χ3v) is 3.61. The minimum absolute atomic E-state index is 0.374. The van der Waals surface area contributed by atoms with Crippen molar-refractivity contribution in [2.45, 2.75) is 52.7 Å². The Labute approximate surface area is 131 Å². The molecule has 0 atom stereocenters. The van der Waals surface area contributed by atoms with E-state index in [2.05, 4.69) is 5.32 Å². The van der Waals surface area contributed by atoms with Gasteiger partial charge in [0.05, 0.1) is 21.9 Å². The van der Waals surface area contributed by atoms with Crippen molar-refractivity contribution in [3.05, 3.63) is 22.7 Å². The molecule has 21 heavy (non-hydrogen) atoms. The van der Waals surface area contributed by atoms with Crippen LogP contribution < -0.4 is 10.2 Å². The molecule has 5 heteroatoms. The third-order valence-electron chi connectivity index (χ3n) is 3.32. The molecule has 0 saturated heterocycles.